The van der Waals surface area contributed by atoms with Gasteiger partial charge in [0.2, 0.25) is 5.91 Å². The summed E-state index contributed by atoms with van der Waals surface area (Å²) in [4.78, 5) is 38.8. The molecule has 1 aliphatic rings. The van der Waals surface area contributed by atoms with E-state index in [0.717, 1.165) is 10.5 Å². The summed E-state index contributed by atoms with van der Waals surface area (Å²) >= 11 is 0. The van der Waals surface area contributed by atoms with Crippen molar-refractivity contribution in [2.24, 2.45) is 0 Å². The molecular weight excluding hydrogens is 440 g/mol. The molecule has 0 spiro atoms. The minimum Gasteiger partial charge on any atom is -0.480 e. The zero-order chi connectivity index (χ0) is 24.8. The van der Waals surface area contributed by atoms with Crippen LogP contribution in [0.2, 0.25) is 0 Å². The molecule has 1 aliphatic heterocycles. The van der Waals surface area contributed by atoms with Gasteiger partial charge in [0.1, 0.15) is 18.1 Å². The molecule has 0 fully saturated rings. The predicted molar refractivity (Wildman–Crippen MR) is 122 cm³/mol. The first-order valence-corrected chi connectivity index (χ1v) is 11.2. The summed E-state index contributed by atoms with van der Waals surface area (Å²) in [5, 5.41) is 32.1. The van der Waals surface area contributed by atoms with Crippen LogP contribution < -0.4 is 0 Å². The van der Waals surface area contributed by atoms with Crippen LogP contribution in [-0.4, -0.2) is 68.0 Å². The number of carboxylic acid groups (broad SMARTS) is 1. The Kier molecular flexibility index (Phi) is 8.38. The maximum absolute atomic E-state index is 13.4. The molecule has 1 amide bonds. The Hall–Kier alpha value is -3.27. The molecule has 2 aromatic rings. The van der Waals surface area contributed by atoms with Gasteiger partial charge in [-0.3, -0.25) is 14.5 Å². The average molecular weight is 471 g/mol. The van der Waals surface area contributed by atoms with E-state index in [4.69, 9.17) is 4.74 Å². The summed E-state index contributed by atoms with van der Waals surface area (Å²) < 4.78 is 5.11. The third-order valence-electron chi connectivity index (χ3n) is 6.07. The molecule has 0 saturated heterocycles. The highest BCUT2D eigenvalue weighted by atomic mass is 16.6. The highest BCUT2D eigenvalue weighted by Gasteiger charge is 2.44. The second-order valence-electron chi connectivity index (χ2n) is 8.22. The molecule has 0 bridgehead atoms. The number of benzene rings is 2. The van der Waals surface area contributed by atoms with E-state index < -0.39 is 42.2 Å². The first-order chi connectivity index (χ1) is 16.3. The molecule has 0 aromatic heterocycles. The van der Waals surface area contributed by atoms with Gasteiger partial charge >= 0.3 is 11.9 Å². The van der Waals surface area contributed by atoms with Crippen molar-refractivity contribution in [1.29, 1.82) is 0 Å². The lowest BCUT2D eigenvalue weighted by Gasteiger charge is -2.41. The number of nitrogens with zero attached hydrogens (tertiary/aromatic N) is 2. The highest BCUT2D eigenvalue weighted by molar-refractivity contribution is 5.88. The average Bonchev–Trinajstić information content (AvgIpc) is 2.84. The number of carboxylic acids is 1. The fourth-order valence-corrected chi connectivity index (χ4v) is 4.22. The predicted octanol–water partition coefficient (Wildman–Crippen LogP) is 2.16. The number of hydrogen-bond acceptors (Lipinski definition) is 7. The van der Waals surface area contributed by atoms with Gasteiger partial charge in [0.25, 0.3) is 0 Å². The maximum Gasteiger partial charge on any atom is 0.326 e. The van der Waals surface area contributed by atoms with Crippen molar-refractivity contribution in [1.82, 2.24) is 9.96 Å². The van der Waals surface area contributed by atoms with E-state index in [9.17, 15) is 29.8 Å². The Labute approximate surface area is 198 Å². The number of rotatable bonds is 9. The van der Waals surface area contributed by atoms with Gasteiger partial charge < -0.3 is 20.2 Å². The number of ether oxygens (including phenoxy) is 1. The molecule has 9 heteroatoms. The number of aliphatic carboxylic acids is 1. The zero-order valence-corrected chi connectivity index (χ0v) is 19.2. The minimum absolute atomic E-state index is 0.0156. The monoisotopic (exact) mass is 470 g/mol. The summed E-state index contributed by atoms with van der Waals surface area (Å²) in [6, 6.07) is 12.3. The fourth-order valence-electron chi connectivity index (χ4n) is 4.22. The Balaban J connectivity index is 1.83. The van der Waals surface area contributed by atoms with Gasteiger partial charge in [0.15, 0.2) is 6.23 Å². The topological polar surface area (TPSA) is 128 Å². The van der Waals surface area contributed by atoms with Crippen LogP contribution >= 0.6 is 0 Å². The Bertz CT molecular complexity index is 1010. The number of carbonyl (C=O) groups excluding carboxylic acids is 2. The summed E-state index contributed by atoms with van der Waals surface area (Å²) in [7, 11) is 0. The van der Waals surface area contributed by atoms with Crippen LogP contribution in [-0.2, 0) is 32.0 Å². The highest BCUT2D eigenvalue weighted by Crippen LogP contribution is 2.32. The van der Waals surface area contributed by atoms with Gasteiger partial charge in [-0.15, -0.1) is 0 Å². The van der Waals surface area contributed by atoms with Crippen LogP contribution in [0.3, 0.4) is 0 Å². The van der Waals surface area contributed by atoms with E-state index in [0.29, 0.717) is 22.6 Å². The lowest BCUT2D eigenvalue weighted by molar-refractivity contribution is -0.199. The van der Waals surface area contributed by atoms with Crippen molar-refractivity contribution < 1.29 is 34.5 Å². The smallest absolute Gasteiger partial charge is 0.326 e. The van der Waals surface area contributed by atoms with Crippen LogP contribution in [0.4, 0.5) is 0 Å². The standard InChI is InChI=1S/C25H30N2O7/c1-3-34-25(32)20(14-13-17-9-5-4-6-10-17)27(33)16(2)22(28)26-21(24(30)31)15-18-11-7-8-12-19(18)23(26)29/h4-12,16,20-21,23,29,33H,3,13-15H2,1-2H3,(H,30,31)/t16-,20-,21-,23+/m0/s1. The third kappa shape index (κ3) is 5.44. The van der Waals surface area contributed by atoms with Crippen LogP contribution in [0, 0.1) is 0 Å². The summed E-state index contributed by atoms with van der Waals surface area (Å²) in [6.45, 7) is 3.10. The maximum atomic E-state index is 13.4. The molecule has 182 valence electrons. The lowest BCUT2D eigenvalue weighted by atomic mass is 9.92. The van der Waals surface area contributed by atoms with Crippen LogP contribution in [0.25, 0.3) is 0 Å². The molecule has 1 heterocycles. The molecule has 0 unspecified atom stereocenters. The Morgan fingerprint density at radius 1 is 1.12 bits per heavy atom. The molecule has 2 aromatic carbocycles. The van der Waals surface area contributed by atoms with Crippen molar-refractivity contribution >= 4 is 17.8 Å². The second-order valence-corrected chi connectivity index (χ2v) is 8.22. The SMILES string of the molecule is CCOC(=O)[C@H](CCc1ccccc1)N(O)[C@@H](C)C(=O)N1[C@H](O)c2ccccc2C[C@H]1C(=O)O. The molecule has 34 heavy (non-hydrogen) atoms. The minimum atomic E-state index is -1.50. The fraction of sp³-hybridized carbons (Fsp3) is 0.400. The van der Waals surface area contributed by atoms with E-state index >= 15 is 0 Å². The molecule has 4 atom stereocenters. The summed E-state index contributed by atoms with van der Waals surface area (Å²) in [6.07, 6.45) is -0.869. The van der Waals surface area contributed by atoms with E-state index in [-0.39, 0.29) is 19.4 Å². The Morgan fingerprint density at radius 3 is 2.41 bits per heavy atom. The van der Waals surface area contributed by atoms with Gasteiger partial charge in [0, 0.05) is 12.0 Å². The van der Waals surface area contributed by atoms with Crippen molar-refractivity contribution in [3.8, 4) is 0 Å². The number of esters is 1. The molecule has 0 saturated carbocycles. The van der Waals surface area contributed by atoms with Crippen molar-refractivity contribution in [3.05, 3.63) is 71.3 Å². The van der Waals surface area contributed by atoms with Gasteiger partial charge in [-0.25, -0.2) is 4.79 Å². The number of hydrogen-bond donors (Lipinski definition) is 3. The number of carbonyl (C=O) groups is 3. The van der Waals surface area contributed by atoms with E-state index in [1.54, 1.807) is 31.2 Å². The van der Waals surface area contributed by atoms with Gasteiger partial charge in [-0.05, 0) is 37.8 Å². The van der Waals surface area contributed by atoms with Gasteiger partial charge in [0.05, 0.1) is 6.61 Å². The van der Waals surface area contributed by atoms with Crippen molar-refractivity contribution in [2.75, 3.05) is 6.61 Å². The third-order valence-corrected chi connectivity index (χ3v) is 6.07. The number of aliphatic hydroxyl groups is 1. The summed E-state index contributed by atoms with van der Waals surface area (Å²) in [5.74, 6) is -2.78. The molecule has 3 N–H and O–H groups in total. The Morgan fingerprint density at radius 2 is 1.76 bits per heavy atom. The van der Waals surface area contributed by atoms with Crippen molar-refractivity contribution in [2.45, 2.75) is 57.5 Å². The molecule has 3 rings (SSSR count). The molecule has 0 aliphatic carbocycles. The lowest BCUT2D eigenvalue weighted by Crippen LogP contribution is -2.58. The molecule has 9 nitrogen and oxygen atoms in total. The van der Waals surface area contributed by atoms with Crippen LogP contribution in [0.15, 0.2) is 54.6 Å². The second kappa shape index (κ2) is 11.2. The van der Waals surface area contributed by atoms with E-state index in [1.165, 1.54) is 6.92 Å². The van der Waals surface area contributed by atoms with Gasteiger partial charge in [-0.2, -0.15) is 5.06 Å². The van der Waals surface area contributed by atoms with Crippen LogP contribution in [0.5, 0.6) is 0 Å². The van der Waals surface area contributed by atoms with Gasteiger partial charge in [-0.1, -0.05) is 54.6 Å². The van der Waals surface area contributed by atoms with Crippen LogP contribution in [0.1, 0.15) is 43.2 Å². The number of amides is 1. The summed E-state index contributed by atoms with van der Waals surface area (Å²) in [5.41, 5.74) is 2.00. The number of fused-ring (bicyclic) bond motifs is 1. The number of hydroxylamine groups is 2. The van der Waals surface area contributed by atoms with E-state index in [2.05, 4.69) is 0 Å². The molecular formula is C25H30N2O7. The quantitative estimate of drug-likeness (QED) is 0.376. The van der Waals surface area contributed by atoms with Crippen molar-refractivity contribution in [3.63, 3.8) is 0 Å². The largest absolute Gasteiger partial charge is 0.480 e. The molecule has 0 radical (unpaired) electrons. The number of aliphatic hydroxyl groups excluding tert-OH is 1. The zero-order valence-electron chi connectivity index (χ0n) is 19.2. The normalized spacial score (nSPS) is 19.3. The number of aryl methyl sites for hydroxylation is 1. The first kappa shape index (κ1) is 25.4. The first-order valence-electron chi connectivity index (χ1n) is 11.2. The van der Waals surface area contributed by atoms with E-state index in [1.807, 2.05) is 30.3 Å².